The largest absolute Gasteiger partial charge is 0.441 e. The van der Waals surface area contributed by atoms with Gasteiger partial charge in [-0.2, -0.15) is 0 Å². The van der Waals surface area contributed by atoms with Crippen LogP contribution in [0.25, 0.3) is 11.5 Å². The number of nitrogens with one attached hydrogen (secondary N) is 1. The summed E-state index contributed by atoms with van der Waals surface area (Å²) in [4.78, 5) is 6.48. The van der Waals surface area contributed by atoms with Gasteiger partial charge in [-0.05, 0) is 32.2 Å². The van der Waals surface area contributed by atoms with Crippen molar-refractivity contribution in [1.29, 1.82) is 0 Å². The van der Waals surface area contributed by atoms with E-state index in [0.29, 0.717) is 47.2 Å². The third kappa shape index (κ3) is 4.96. The van der Waals surface area contributed by atoms with Crippen molar-refractivity contribution in [3.05, 3.63) is 71.4 Å². The van der Waals surface area contributed by atoms with E-state index in [0.717, 1.165) is 6.26 Å². The highest BCUT2D eigenvalue weighted by Crippen LogP contribution is 2.29. The molecule has 0 unspecified atom stereocenters. The van der Waals surface area contributed by atoms with Crippen molar-refractivity contribution in [1.82, 2.24) is 9.88 Å². The molecule has 0 amide bonds. The Labute approximate surface area is 164 Å². The predicted octanol–water partition coefficient (Wildman–Crippen LogP) is 3.79. The molecule has 0 aliphatic rings. The van der Waals surface area contributed by atoms with Crippen LogP contribution in [0.1, 0.15) is 17.0 Å². The van der Waals surface area contributed by atoms with Gasteiger partial charge >= 0.3 is 0 Å². The van der Waals surface area contributed by atoms with Gasteiger partial charge in [0.25, 0.3) is 0 Å². The summed E-state index contributed by atoms with van der Waals surface area (Å²) < 4.78 is 45.3. The van der Waals surface area contributed by atoms with Crippen molar-refractivity contribution in [2.75, 3.05) is 18.0 Å². The number of rotatable bonds is 7. The van der Waals surface area contributed by atoms with Crippen molar-refractivity contribution < 1.29 is 17.2 Å². The van der Waals surface area contributed by atoms with Crippen molar-refractivity contribution >= 4 is 15.7 Å². The normalized spacial score (nSPS) is 11.8. The molecule has 0 saturated carbocycles. The summed E-state index contributed by atoms with van der Waals surface area (Å²) in [6.07, 6.45) is 1.09. The molecule has 1 N–H and O–H groups in total. The molecule has 0 aliphatic heterocycles. The number of anilines is 1. The molecule has 0 saturated heterocycles. The highest BCUT2D eigenvalue weighted by molar-refractivity contribution is 7.92. The Balaban J connectivity index is 1.81. The topological polar surface area (TPSA) is 75.4 Å². The zero-order valence-corrected chi connectivity index (χ0v) is 16.8. The first kappa shape index (κ1) is 20.0. The molecule has 148 valence electrons. The van der Waals surface area contributed by atoms with Gasteiger partial charge in [-0.1, -0.05) is 30.3 Å². The zero-order chi connectivity index (χ0) is 20.3. The molecule has 1 heterocycles. The van der Waals surface area contributed by atoms with E-state index < -0.39 is 10.0 Å². The highest BCUT2D eigenvalue weighted by atomic mass is 32.2. The van der Waals surface area contributed by atoms with Crippen LogP contribution >= 0.6 is 0 Å². The van der Waals surface area contributed by atoms with Crippen LogP contribution in [0.15, 0.2) is 52.9 Å². The molecule has 0 atom stereocenters. The first-order chi connectivity index (χ1) is 13.2. The second-order valence-electron chi connectivity index (χ2n) is 6.71. The first-order valence-corrected chi connectivity index (χ1v) is 10.6. The van der Waals surface area contributed by atoms with Crippen LogP contribution in [0.5, 0.6) is 0 Å². The maximum atomic E-state index is 13.9. The molecule has 2 aromatic carbocycles. The quantitative estimate of drug-likeness (QED) is 0.650. The fourth-order valence-electron chi connectivity index (χ4n) is 2.88. The summed E-state index contributed by atoms with van der Waals surface area (Å²) in [6, 6.07) is 13.6. The molecule has 6 nitrogen and oxygen atoms in total. The molecule has 0 radical (unpaired) electrons. The Kier molecular flexibility index (Phi) is 5.81. The van der Waals surface area contributed by atoms with Crippen LogP contribution in [0, 0.1) is 12.7 Å². The highest BCUT2D eigenvalue weighted by Gasteiger charge is 2.17. The Morgan fingerprint density at radius 3 is 2.50 bits per heavy atom. The Hall–Kier alpha value is -2.71. The summed E-state index contributed by atoms with van der Waals surface area (Å²) in [5, 5.41) is 0. The van der Waals surface area contributed by atoms with Gasteiger partial charge in [-0.25, -0.2) is 17.8 Å². The van der Waals surface area contributed by atoms with E-state index in [1.165, 1.54) is 6.07 Å². The first-order valence-electron chi connectivity index (χ1n) is 8.68. The number of hydrogen-bond acceptors (Lipinski definition) is 5. The minimum Gasteiger partial charge on any atom is -0.441 e. The van der Waals surface area contributed by atoms with Crippen molar-refractivity contribution in [3.8, 4) is 11.5 Å². The van der Waals surface area contributed by atoms with E-state index in [9.17, 15) is 12.8 Å². The summed E-state index contributed by atoms with van der Waals surface area (Å²) in [6.45, 7) is 2.70. The average molecular weight is 403 g/mol. The van der Waals surface area contributed by atoms with E-state index in [1.54, 1.807) is 49.4 Å². The van der Waals surface area contributed by atoms with Gasteiger partial charge in [0.2, 0.25) is 15.9 Å². The Morgan fingerprint density at radius 2 is 1.79 bits per heavy atom. The number of aromatic nitrogens is 1. The van der Waals surface area contributed by atoms with Crippen LogP contribution in [0.4, 0.5) is 10.1 Å². The number of halogens is 1. The third-order valence-electron chi connectivity index (χ3n) is 4.16. The molecule has 8 heteroatoms. The lowest BCUT2D eigenvalue weighted by atomic mass is 10.2. The molecule has 0 bridgehead atoms. The molecule has 0 aliphatic carbocycles. The van der Waals surface area contributed by atoms with Gasteiger partial charge in [0.1, 0.15) is 11.6 Å². The summed E-state index contributed by atoms with van der Waals surface area (Å²) in [5.41, 5.74) is 2.27. The van der Waals surface area contributed by atoms with Gasteiger partial charge in [0, 0.05) is 18.7 Å². The number of nitrogens with zero attached hydrogens (tertiary/aromatic N) is 2. The van der Waals surface area contributed by atoms with E-state index in [1.807, 2.05) is 11.9 Å². The number of aryl methyl sites for hydroxylation is 1. The van der Waals surface area contributed by atoms with Crippen molar-refractivity contribution in [2.24, 2.45) is 0 Å². The van der Waals surface area contributed by atoms with Crippen LogP contribution in [-0.4, -0.2) is 31.6 Å². The van der Waals surface area contributed by atoms with E-state index in [2.05, 4.69) is 9.71 Å². The average Bonchev–Trinajstić information content (AvgIpc) is 2.96. The molecule has 1 aromatic heterocycles. The number of oxazole rings is 1. The number of para-hydroxylation sites is 1. The van der Waals surface area contributed by atoms with Crippen molar-refractivity contribution in [2.45, 2.75) is 20.0 Å². The lowest BCUT2D eigenvalue weighted by Crippen LogP contribution is -2.18. The van der Waals surface area contributed by atoms with Crippen LogP contribution < -0.4 is 4.72 Å². The summed E-state index contributed by atoms with van der Waals surface area (Å²) in [7, 11) is -1.56. The Bertz CT molecular complexity index is 1080. The lowest BCUT2D eigenvalue weighted by Gasteiger charge is -2.15. The standard InChI is InChI=1S/C20H22FN3O3S/c1-14-19(13-24(2)12-15-8-4-6-10-17(15)21)22-20(27-14)16-9-5-7-11-18(16)23-28(3,25)26/h4-11,23H,12-13H2,1-3H3. The van der Waals surface area contributed by atoms with Gasteiger partial charge in [-0.15, -0.1) is 0 Å². The van der Waals surface area contributed by atoms with Gasteiger partial charge in [0.15, 0.2) is 0 Å². The van der Waals surface area contributed by atoms with E-state index in [4.69, 9.17) is 4.42 Å². The second-order valence-corrected chi connectivity index (χ2v) is 8.45. The fraction of sp³-hybridized carbons (Fsp3) is 0.250. The maximum Gasteiger partial charge on any atom is 0.229 e. The van der Waals surface area contributed by atoms with E-state index >= 15 is 0 Å². The smallest absolute Gasteiger partial charge is 0.229 e. The minimum absolute atomic E-state index is 0.243. The number of hydrogen-bond donors (Lipinski definition) is 1. The monoisotopic (exact) mass is 403 g/mol. The SMILES string of the molecule is Cc1oc(-c2ccccc2NS(C)(=O)=O)nc1CN(C)Cc1ccccc1F. The molecule has 3 aromatic rings. The minimum atomic E-state index is -3.43. The van der Waals surface area contributed by atoms with Gasteiger partial charge < -0.3 is 4.42 Å². The van der Waals surface area contributed by atoms with Gasteiger partial charge in [0.05, 0.1) is 23.2 Å². The number of benzene rings is 2. The van der Waals surface area contributed by atoms with E-state index in [-0.39, 0.29) is 5.82 Å². The third-order valence-corrected chi connectivity index (χ3v) is 4.75. The molecular weight excluding hydrogens is 381 g/mol. The molecular formula is C20H22FN3O3S. The van der Waals surface area contributed by atoms with Crippen LogP contribution in [0.3, 0.4) is 0 Å². The van der Waals surface area contributed by atoms with Crippen LogP contribution in [-0.2, 0) is 23.1 Å². The molecule has 3 rings (SSSR count). The summed E-state index contributed by atoms with van der Waals surface area (Å²) in [5.74, 6) is 0.718. The lowest BCUT2D eigenvalue weighted by molar-refractivity contribution is 0.308. The fourth-order valence-corrected chi connectivity index (χ4v) is 3.45. The van der Waals surface area contributed by atoms with Crippen LogP contribution in [0.2, 0.25) is 0 Å². The van der Waals surface area contributed by atoms with Crippen molar-refractivity contribution in [3.63, 3.8) is 0 Å². The molecule has 0 fully saturated rings. The zero-order valence-electron chi connectivity index (χ0n) is 15.9. The Morgan fingerprint density at radius 1 is 1.11 bits per heavy atom. The maximum absolute atomic E-state index is 13.9. The molecule has 28 heavy (non-hydrogen) atoms. The number of sulfonamides is 1. The molecule has 0 spiro atoms. The second kappa shape index (κ2) is 8.12. The predicted molar refractivity (Wildman–Crippen MR) is 107 cm³/mol. The summed E-state index contributed by atoms with van der Waals surface area (Å²) >= 11 is 0. The van der Waals surface area contributed by atoms with Gasteiger partial charge in [-0.3, -0.25) is 9.62 Å².